The summed E-state index contributed by atoms with van der Waals surface area (Å²) in [6.45, 7) is 0. The number of fused-ring (bicyclic) bond motifs is 3. The van der Waals surface area contributed by atoms with Crippen LogP contribution in [0.1, 0.15) is 11.1 Å². The van der Waals surface area contributed by atoms with E-state index in [1.807, 2.05) is 6.07 Å². The molecule has 0 fully saturated rings. The topological polar surface area (TPSA) is 0 Å². The molecule has 69 valence electrons. The van der Waals surface area contributed by atoms with Crippen molar-refractivity contribution in [3.8, 4) is 11.1 Å². The molecule has 0 amide bonds. The Bertz CT molecular complexity index is 417. The molecule has 2 aromatic carbocycles. The SMILES string of the molecule is [Mn].[c-]1cccc2c1-c1ccccc1C2. The number of benzene rings is 2. The minimum absolute atomic E-state index is 0. The van der Waals surface area contributed by atoms with E-state index >= 15 is 0 Å². The number of hydrogen-bond acceptors (Lipinski definition) is 0. The summed E-state index contributed by atoms with van der Waals surface area (Å²) in [5, 5.41) is 0. The molecule has 0 heterocycles. The van der Waals surface area contributed by atoms with Crippen LogP contribution in [0.3, 0.4) is 0 Å². The summed E-state index contributed by atoms with van der Waals surface area (Å²) >= 11 is 0. The van der Waals surface area contributed by atoms with Crippen LogP contribution in [0.5, 0.6) is 0 Å². The maximum atomic E-state index is 3.31. The van der Waals surface area contributed by atoms with Gasteiger partial charge in [0.05, 0.1) is 0 Å². The molecule has 1 radical (unpaired) electrons. The molecular weight excluding hydrogens is 211 g/mol. The fraction of sp³-hybridized carbons (Fsp3) is 0.0769. The van der Waals surface area contributed by atoms with Gasteiger partial charge in [-0.1, -0.05) is 35.4 Å². The second-order valence-corrected chi connectivity index (χ2v) is 3.40. The summed E-state index contributed by atoms with van der Waals surface area (Å²) in [6, 6.07) is 18.1. The quantitative estimate of drug-likeness (QED) is 0.403. The third kappa shape index (κ3) is 1.30. The number of rotatable bonds is 0. The first kappa shape index (κ1) is 9.51. The van der Waals surface area contributed by atoms with E-state index < -0.39 is 0 Å². The second kappa shape index (κ2) is 3.61. The van der Waals surface area contributed by atoms with E-state index in [2.05, 4.69) is 42.5 Å². The van der Waals surface area contributed by atoms with E-state index in [1.54, 1.807) is 0 Å². The summed E-state index contributed by atoms with van der Waals surface area (Å²) < 4.78 is 0. The Morgan fingerprint density at radius 1 is 0.929 bits per heavy atom. The van der Waals surface area contributed by atoms with Crippen LogP contribution in [0.4, 0.5) is 0 Å². The molecule has 0 nitrogen and oxygen atoms in total. The first-order valence-corrected chi connectivity index (χ1v) is 4.53. The van der Waals surface area contributed by atoms with Gasteiger partial charge < -0.3 is 0 Å². The summed E-state index contributed by atoms with van der Waals surface area (Å²) in [5.41, 5.74) is 5.49. The molecule has 0 aliphatic heterocycles. The molecular formula is C13H9Mn-. The maximum absolute atomic E-state index is 3.31. The molecule has 2 aromatic rings. The van der Waals surface area contributed by atoms with Crippen LogP contribution in [0.15, 0.2) is 42.5 Å². The van der Waals surface area contributed by atoms with Crippen molar-refractivity contribution in [2.45, 2.75) is 6.42 Å². The summed E-state index contributed by atoms with van der Waals surface area (Å²) in [7, 11) is 0. The van der Waals surface area contributed by atoms with Gasteiger partial charge in [-0.05, 0) is 6.42 Å². The van der Waals surface area contributed by atoms with Crippen LogP contribution in [-0.2, 0) is 23.5 Å². The first-order valence-electron chi connectivity index (χ1n) is 4.53. The Morgan fingerprint density at radius 2 is 1.71 bits per heavy atom. The Balaban J connectivity index is 0.000000750. The van der Waals surface area contributed by atoms with Gasteiger partial charge in [-0.15, -0.1) is 35.4 Å². The fourth-order valence-corrected chi connectivity index (χ4v) is 1.99. The van der Waals surface area contributed by atoms with Crippen molar-refractivity contribution in [2.75, 3.05) is 0 Å². The van der Waals surface area contributed by atoms with Crippen LogP contribution in [0.2, 0.25) is 0 Å². The predicted octanol–water partition coefficient (Wildman–Crippen LogP) is 3.06. The zero-order valence-corrected chi connectivity index (χ0v) is 8.81. The zero-order chi connectivity index (χ0) is 8.67. The van der Waals surface area contributed by atoms with Crippen molar-refractivity contribution in [1.29, 1.82) is 0 Å². The van der Waals surface area contributed by atoms with Crippen molar-refractivity contribution < 1.29 is 17.1 Å². The smallest absolute Gasteiger partial charge is 0 e. The third-order valence-corrected chi connectivity index (χ3v) is 2.61. The Morgan fingerprint density at radius 3 is 2.64 bits per heavy atom. The van der Waals surface area contributed by atoms with Crippen LogP contribution >= 0.6 is 0 Å². The van der Waals surface area contributed by atoms with E-state index in [0.717, 1.165) is 6.42 Å². The molecule has 0 aromatic heterocycles. The summed E-state index contributed by atoms with van der Waals surface area (Å²) in [5.74, 6) is 0. The molecule has 14 heavy (non-hydrogen) atoms. The van der Waals surface area contributed by atoms with E-state index in [9.17, 15) is 0 Å². The van der Waals surface area contributed by atoms with Gasteiger partial charge in [0.25, 0.3) is 0 Å². The second-order valence-electron chi connectivity index (χ2n) is 3.40. The molecule has 0 saturated heterocycles. The average molecular weight is 220 g/mol. The third-order valence-electron chi connectivity index (χ3n) is 2.61. The molecule has 0 saturated carbocycles. The predicted molar refractivity (Wildman–Crippen MR) is 53.5 cm³/mol. The molecule has 3 rings (SSSR count). The first-order chi connectivity index (χ1) is 6.45. The van der Waals surface area contributed by atoms with Gasteiger partial charge >= 0.3 is 0 Å². The van der Waals surface area contributed by atoms with E-state index in [0.29, 0.717) is 0 Å². The van der Waals surface area contributed by atoms with Crippen molar-refractivity contribution in [3.63, 3.8) is 0 Å². The van der Waals surface area contributed by atoms with E-state index in [1.165, 1.54) is 22.3 Å². The molecule has 1 aliphatic carbocycles. The minimum atomic E-state index is 0. The Hall–Kier alpha value is -1.04. The van der Waals surface area contributed by atoms with Gasteiger partial charge in [-0.3, -0.25) is 0 Å². The minimum Gasteiger partial charge on any atom is -0.147 e. The monoisotopic (exact) mass is 220 g/mol. The van der Waals surface area contributed by atoms with Crippen molar-refractivity contribution >= 4 is 0 Å². The van der Waals surface area contributed by atoms with Crippen molar-refractivity contribution in [3.05, 3.63) is 59.7 Å². The zero-order valence-electron chi connectivity index (χ0n) is 7.63. The molecule has 0 bridgehead atoms. The fourth-order valence-electron chi connectivity index (χ4n) is 1.99. The van der Waals surface area contributed by atoms with Gasteiger partial charge in [-0.25, -0.2) is 0 Å². The molecule has 0 spiro atoms. The van der Waals surface area contributed by atoms with Crippen LogP contribution in [-0.4, -0.2) is 0 Å². The van der Waals surface area contributed by atoms with Gasteiger partial charge in [0, 0.05) is 17.1 Å². The van der Waals surface area contributed by atoms with Gasteiger partial charge in [-0.2, -0.15) is 0 Å². The Kier molecular flexibility index (Phi) is 2.45. The van der Waals surface area contributed by atoms with Gasteiger partial charge in [0.2, 0.25) is 0 Å². The van der Waals surface area contributed by atoms with Crippen molar-refractivity contribution in [2.24, 2.45) is 0 Å². The normalized spacial score (nSPS) is 11.4. The van der Waals surface area contributed by atoms with Crippen molar-refractivity contribution in [1.82, 2.24) is 0 Å². The van der Waals surface area contributed by atoms with Crippen LogP contribution < -0.4 is 0 Å². The Labute approximate surface area is 94.4 Å². The average Bonchev–Trinajstić information content (AvgIpc) is 2.56. The molecule has 1 heteroatoms. The maximum Gasteiger partial charge on any atom is 0 e. The largest absolute Gasteiger partial charge is 0.147 e. The van der Waals surface area contributed by atoms with Gasteiger partial charge in [0.1, 0.15) is 0 Å². The number of hydrogen-bond donors (Lipinski definition) is 0. The summed E-state index contributed by atoms with van der Waals surface area (Å²) in [4.78, 5) is 0. The summed E-state index contributed by atoms with van der Waals surface area (Å²) in [6.07, 6.45) is 1.07. The van der Waals surface area contributed by atoms with E-state index in [4.69, 9.17) is 0 Å². The molecule has 0 N–H and O–H groups in total. The van der Waals surface area contributed by atoms with Crippen LogP contribution in [0, 0.1) is 6.07 Å². The molecule has 1 aliphatic rings. The van der Waals surface area contributed by atoms with E-state index in [-0.39, 0.29) is 17.1 Å². The standard InChI is InChI=1S/C13H9.Mn/c1-3-7-12-10(5-1)9-11-6-2-4-8-13(11)12;/h1-7H,9H2;/q-1;. The molecule has 0 atom stereocenters. The van der Waals surface area contributed by atoms with Crippen LogP contribution in [0.25, 0.3) is 11.1 Å². The molecule has 0 unspecified atom stereocenters. The van der Waals surface area contributed by atoms with Gasteiger partial charge in [0.15, 0.2) is 0 Å².